The van der Waals surface area contributed by atoms with Gasteiger partial charge in [0, 0.05) is 6.42 Å². The lowest BCUT2D eigenvalue weighted by Gasteiger charge is -2.38. The van der Waals surface area contributed by atoms with Crippen molar-refractivity contribution in [3.05, 3.63) is 18.4 Å². The average molecular weight is 179 g/mol. The Hall–Kier alpha value is -0.850. The Kier molecular flexibility index (Phi) is 3.07. The fourth-order valence-corrected chi connectivity index (χ4v) is 1.96. The molecule has 0 radical (unpaired) electrons. The minimum atomic E-state index is -0.417. The molecule has 1 saturated carbocycles. The van der Waals surface area contributed by atoms with Crippen LogP contribution in [-0.4, -0.2) is 30.3 Å². The zero-order chi connectivity index (χ0) is 9.90. The first-order chi connectivity index (χ1) is 6.13. The molecule has 0 aromatic rings. The van der Waals surface area contributed by atoms with Gasteiger partial charge in [-0.15, -0.1) is 5.73 Å². The minimum absolute atomic E-state index is 0.305. The lowest BCUT2D eigenvalue weighted by atomic mass is 9.79. The molecule has 0 spiro atoms. The summed E-state index contributed by atoms with van der Waals surface area (Å²) in [7, 11) is 3.88. The van der Waals surface area contributed by atoms with Gasteiger partial charge in [-0.25, -0.2) is 0 Å². The summed E-state index contributed by atoms with van der Waals surface area (Å²) < 4.78 is 0. The summed E-state index contributed by atoms with van der Waals surface area (Å²) in [6.07, 6.45) is 5.55. The molecule has 0 heterocycles. The van der Waals surface area contributed by atoms with E-state index >= 15 is 0 Å². The monoisotopic (exact) mass is 179 g/mol. The van der Waals surface area contributed by atoms with Crippen molar-refractivity contribution in [1.82, 2.24) is 4.90 Å². The number of hydrogen-bond acceptors (Lipinski definition) is 2. The molecule has 72 valence electrons. The Bertz CT molecular complexity index is 251. The van der Waals surface area contributed by atoms with E-state index in [0.717, 1.165) is 19.3 Å². The molecule has 1 rings (SSSR count). The fraction of sp³-hybridized carbons (Fsp3) is 0.636. The first kappa shape index (κ1) is 10.2. The van der Waals surface area contributed by atoms with Gasteiger partial charge in [-0.2, -0.15) is 0 Å². The Morgan fingerprint density at radius 3 is 2.69 bits per heavy atom. The molecule has 2 nitrogen and oxygen atoms in total. The van der Waals surface area contributed by atoms with E-state index in [1.165, 1.54) is 0 Å². The number of hydrogen-bond donors (Lipinski definition) is 0. The fourth-order valence-electron chi connectivity index (χ4n) is 1.96. The number of ketones is 1. The molecule has 1 aliphatic rings. The van der Waals surface area contributed by atoms with Crippen molar-refractivity contribution in [1.29, 1.82) is 0 Å². The minimum Gasteiger partial charge on any atom is -0.297 e. The zero-order valence-corrected chi connectivity index (χ0v) is 8.47. The maximum atomic E-state index is 11.8. The Morgan fingerprint density at radius 2 is 2.23 bits per heavy atom. The highest BCUT2D eigenvalue weighted by Crippen LogP contribution is 2.30. The normalized spacial score (nSPS) is 28.7. The molecular weight excluding hydrogens is 162 g/mol. The number of carbonyl (C=O) groups excluding carboxylic acids is 1. The third-order valence-corrected chi connectivity index (χ3v) is 2.83. The third kappa shape index (κ3) is 1.74. The quantitative estimate of drug-likeness (QED) is 0.602. The lowest BCUT2D eigenvalue weighted by Crippen LogP contribution is -2.51. The van der Waals surface area contributed by atoms with Crippen molar-refractivity contribution < 1.29 is 4.79 Å². The number of carbonyl (C=O) groups is 1. The second kappa shape index (κ2) is 3.91. The Balaban J connectivity index is 2.99. The van der Waals surface area contributed by atoms with Gasteiger partial charge < -0.3 is 0 Å². The molecule has 13 heavy (non-hydrogen) atoms. The summed E-state index contributed by atoms with van der Waals surface area (Å²) in [5.74, 6) is 0.305. The Morgan fingerprint density at radius 1 is 1.54 bits per heavy atom. The van der Waals surface area contributed by atoms with Gasteiger partial charge in [-0.05, 0) is 33.0 Å². The van der Waals surface area contributed by atoms with Gasteiger partial charge in [-0.3, -0.25) is 9.69 Å². The van der Waals surface area contributed by atoms with Crippen LogP contribution in [0.5, 0.6) is 0 Å². The van der Waals surface area contributed by atoms with Gasteiger partial charge in [0.25, 0.3) is 0 Å². The highest BCUT2D eigenvalue weighted by atomic mass is 16.1. The van der Waals surface area contributed by atoms with Crippen molar-refractivity contribution in [2.24, 2.45) is 0 Å². The molecule has 1 unspecified atom stereocenters. The van der Waals surface area contributed by atoms with E-state index in [9.17, 15) is 4.79 Å². The molecule has 0 saturated heterocycles. The van der Waals surface area contributed by atoms with Crippen molar-refractivity contribution in [3.8, 4) is 0 Å². The van der Waals surface area contributed by atoms with Crippen LogP contribution in [0.25, 0.3) is 0 Å². The first-order valence-electron chi connectivity index (χ1n) is 4.71. The smallest absolute Gasteiger partial charge is 0.157 e. The second-order valence-corrected chi connectivity index (χ2v) is 3.80. The molecule has 0 N–H and O–H groups in total. The number of likely N-dealkylation sites (N-methyl/N-ethyl adjacent to an activating group) is 1. The van der Waals surface area contributed by atoms with Crippen LogP contribution >= 0.6 is 0 Å². The summed E-state index contributed by atoms with van der Waals surface area (Å²) in [5, 5.41) is 0. The molecule has 0 aromatic carbocycles. The van der Waals surface area contributed by atoms with E-state index in [-0.39, 0.29) is 0 Å². The van der Waals surface area contributed by atoms with Crippen molar-refractivity contribution >= 4 is 5.78 Å². The maximum absolute atomic E-state index is 11.8. The van der Waals surface area contributed by atoms with Crippen LogP contribution in [0.15, 0.2) is 18.4 Å². The van der Waals surface area contributed by atoms with Crippen molar-refractivity contribution in [3.63, 3.8) is 0 Å². The molecule has 0 aromatic heterocycles. The van der Waals surface area contributed by atoms with E-state index in [4.69, 9.17) is 0 Å². The van der Waals surface area contributed by atoms with Crippen LogP contribution in [0.1, 0.15) is 25.7 Å². The highest BCUT2D eigenvalue weighted by Gasteiger charge is 2.39. The van der Waals surface area contributed by atoms with E-state index < -0.39 is 5.54 Å². The van der Waals surface area contributed by atoms with Crippen LogP contribution in [0, 0.1) is 0 Å². The van der Waals surface area contributed by atoms with Crippen LogP contribution in [-0.2, 0) is 4.79 Å². The predicted octanol–water partition coefficient (Wildman–Crippen LogP) is 1.77. The number of Topliss-reactive ketones (excluding diaryl/α,β-unsaturated/α-hetero) is 1. The summed E-state index contributed by atoms with van der Waals surface area (Å²) >= 11 is 0. The van der Waals surface area contributed by atoms with Gasteiger partial charge in [0.15, 0.2) is 5.78 Å². The molecule has 0 aliphatic heterocycles. The van der Waals surface area contributed by atoms with E-state index in [2.05, 4.69) is 12.3 Å². The SMILES string of the molecule is C=C=CC1(N(C)C)CCCCC1=O. The first-order valence-corrected chi connectivity index (χ1v) is 4.71. The van der Waals surface area contributed by atoms with Gasteiger partial charge >= 0.3 is 0 Å². The van der Waals surface area contributed by atoms with Crippen molar-refractivity contribution in [2.75, 3.05) is 14.1 Å². The molecule has 1 atom stereocenters. The third-order valence-electron chi connectivity index (χ3n) is 2.83. The van der Waals surface area contributed by atoms with Crippen molar-refractivity contribution in [2.45, 2.75) is 31.2 Å². The molecule has 1 aliphatic carbocycles. The van der Waals surface area contributed by atoms with Crippen LogP contribution < -0.4 is 0 Å². The van der Waals surface area contributed by atoms with E-state index in [1.807, 2.05) is 25.1 Å². The van der Waals surface area contributed by atoms with Gasteiger partial charge in [-0.1, -0.05) is 13.0 Å². The van der Waals surface area contributed by atoms with Gasteiger partial charge in [0.1, 0.15) is 5.54 Å². The summed E-state index contributed by atoms with van der Waals surface area (Å²) in [6.45, 7) is 3.56. The van der Waals surface area contributed by atoms with Crippen LogP contribution in [0.2, 0.25) is 0 Å². The average Bonchev–Trinajstić information content (AvgIpc) is 2.09. The van der Waals surface area contributed by atoms with Gasteiger partial charge in [0.05, 0.1) is 0 Å². The number of nitrogens with zero attached hydrogens (tertiary/aromatic N) is 1. The largest absolute Gasteiger partial charge is 0.297 e. The summed E-state index contributed by atoms with van der Waals surface area (Å²) in [4.78, 5) is 13.8. The summed E-state index contributed by atoms with van der Waals surface area (Å²) in [6, 6.07) is 0. The zero-order valence-electron chi connectivity index (χ0n) is 8.47. The summed E-state index contributed by atoms with van der Waals surface area (Å²) in [5.41, 5.74) is 2.34. The van der Waals surface area contributed by atoms with Gasteiger partial charge in [0.2, 0.25) is 0 Å². The topological polar surface area (TPSA) is 20.3 Å². The highest BCUT2D eigenvalue weighted by molar-refractivity contribution is 5.91. The molecular formula is C11H17NO. The Labute approximate surface area is 79.9 Å². The molecule has 0 bridgehead atoms. The molecule has 2 heteroatoms. The number of rotatable bonds is 2. The molecule has 1 fully saturated rings. The van der Waals surface area contributed by atoms with Crippen LogP contribution in [0.4, 0.5) is 0 Å². The lowest BCUT2D eigenvalue weighted by molar-refractivity contribution is -0.129. The maximum Gasteiger partial charge on any atom is 0.157 e. The van der Waals surface area contributed by atoms with E-state index in [0.29, 0.717) is 12.2 Å². The van der Waals surface area contributed by atoms with E-state index in [1.54, 1.807) is 0 Å². The standard InChI is InChI=1S/C11H17NO/c1-4-8-11(12(2)3)9-6-5-7-10(11)13/h8H,1,5-7,9H2,2-3H3. The second-order valence-electron chi connectivity index (χ2n) is 3.80. The molecule has 0 amide bonds. The predicted molar refractivity (Wildman–Crippen MR) is 53.6 cm³/mol. The van der Waals surface area contributed by atoms with Crippen LogP contribution in [0.3, 0.4) is 0 Å².